The lowest BCUT2D eigenvalue weighted by Crippen LogP contribution is -2.11. The lowest BCUT2D eigenvalue weighted by Gasteiger charge is -2.09. The number of para-hydroxylation sites is 1. The molecule has 0 bridgehead atoms. The molecule has 0 unspecified atom stereocenters. The number of nitrogen functional groups attached to an aromatic ring is 1. The Balaban J connectivity index is 2.15. The highest BCUT2D eigenvalue weighted by atomic mass is 32.2. The van der Waals surface area contributed by atoms with E-state index in [0.717, 1.165) is 16.2 Å². The smallest absolute Gasteiger partial charge is 0.293 e. The molecule has 0 radical (unpaired) electrons. The molecule has 21 heavy (non-hydrogen) atoms. The Morgan fingerprint density at radius 2 is 2.00 bits per heavy atom. The molecule has 0 aromatic heterocycles. The van der Waals surface area contributed by atoms with Crippen molar-refractivity contribution >= 4 is 23.1 Å². The summed E-state index contributed by atoms with van der Waals surface area (Å²) in [6, 6.07) is 12.5. The normalized spacial score (nSPS) is 10.2. The quantitative estimate of drug-likeness (QED) is 0.369. The predicted molar refractivity (Wildman–Crippen MR) is 83.5 cm³/mol. The molecule has 0 saturated carbocycles. The Labute approximate surface area is 126 Å². The van der Waals surface area contributed by atoms with Crippen LogP contribution < -0.4 is 16.0 Å². The zero-order valence-corrected chi connectivity index (χ0v) is 12.2. The topological polar surface area (TPSA) is 90.4 Å². The molecular weight excluding hydrogens is 290 g/mol. The minimum atomic E-state index is -0.448. The Kier molecular flexibility index (Phi) is 5.02. The van der Waals surface area contributed by atoms with Crippen LogP contribution in [-0.4, -0.2) is 12.0 Å². The number of methoxy groups -OCH3 is 1. The van der Waals surface area contributed by atoms with Gasteiger partial charge in [0.15, 0.2) is 0 Å². The number of thioether (sulfide) groups is 1. The van der Waals surface area contributed by atoms with Crippen LogP contribution in [0, 0.1) is 10.1 Å². The molecule has 110 valence electrons. The van der Waals surface area contributed by atoms with E-state index in [0.29, 0.717) is 11.4 Å². The first kappa shape index (κ1) is 15.1. The summed E-state index contributed by atoms with van der Waals surface area (Å²) < 4.78 is 5.10. The maximum absolute atomic E-state index is 11.0. The van der Waals surface area contributed by atoms with E-state index < -0.39 is 4.92 Å². The summed E-state index contributed by atoms with van der Waals surface area (Å²) in [6.07, 6.45) is 0. The van der Waals surface area contributed by atoms with E-state index in [9.17, 15) is 10.1 Å². The predicted octanol–water partition coefficient (Wildman–Crippen LogP) is 3.18. The second-order valence-corrected chi connectivity index (χ2v) is 5.23. The molecule has 0 aliphatic heterocycles. The van der Waals surface area contributed by atoms with E-state index in [4.69, 9.17) is 10.6 Å². The van der Waals surface area contributed by atoms with Crippen LogP contribution in [0.25, 0.3) is 0 Å². The molecule has 3 N–H and O–H groups in total. The van der Waals surface area contributed by atoms with Crippen molar-refractivity contribution in [2.45, 2.75) is 10.6 Å². The van der Waals surface area contributed by atoms with Crippen LogP contribution in [0.15, 0.2) is 47.4 Å². The van der Waals surface area contributed by atoms with E-state index in [-0.39, 0.29) is 5.69 Å². The third-order valence-corrected chi connectivity index (χ3v) is 3.98. The first-order valence-electron chi connectivity index (χ1n) is 6.15. The number of hydrogen-bond acceptors (Lipinski definition) is 6. The molecular formula is C14H15N3O3S. The van der Waals surface area contributed by atoms with Gasteiger partial charge in [0.2, 0.25) is 0 Å². The lowest BCUT2D eigenvalue weighted by molar-refractivity contribution is -0.384. The average molecular weight is 305 g/mol. The summed E-state index contributed by atoms with van der Waals surface area (Å²) in [5.74, 6) is 6.78. The molecule has 6 nitrogen and oxygen atoms in total. The first-order valence-corrected chi connectivity index (χ1v) is 7.14. The van der Waals surface area contributed by atoms with Gasteiger partial charge in [-0.1, -0.05) is 12.1 Å². The minimum absolute atomic E-state index is 0.0228. The highest BCUT2D eigenvalue weighted by Crippen LogP contribution is 2.32. The van der Waals surface area contributed by atoms with E-state index in [1.54, 1.807) is 24.9 Å². The van der Waals surface area contributed by atoms with Crippen molar-refractivity contribution in [3.05, 3.63) is 58.1 Å². The number of anilines is 1. The van der Waals surface area contributed by atoms with E-state index >= 15 is 0 Å². The van der Waals surface area contributed by atoms with Crippen LogP contribution in [0.3, 0.4) is 0 Å². The maximum atomic E-state index is 11.0. The van der Waals surface area contributed by atoms with Crippen LogP contribution in [-0.2, 0) is 5.75 Å². The van der Waals surface area contributed by atoms with Crippen molar-refractivity contribution in [3.63, 3.8) is 0 Å². The van der Waals surface area contributed by atoms with Crippen LogP contribution in [0.5, 0.6) is 5.75 Å². The zero-order valence-electron chi connectivity index (χ0n) is 11.4. The second-order valence-electron chi connectivity index (χ2n) is 4.18. The van der Waals surface area contributed by atoms with Crippen molar-refractivity contribution in [2.75, 3.05) is 12.5 Å². The molecule has 2 aromatic carbocycles. The third-order valence-electron chi connectivity index (χ3n) is 2.92. The monoisotopic (exact) mass is 305 g/mol. The van der Waals surface area contributed by atoms with E-state index in [2.05, 4.69) is 5.43 Å². The van der Waals surface area contributed by atoms with Crippen molar-refractivity contribution in [1.29, 1.82) is 0 Å². The van der Waals surface area contributed by atoms with Gasteiger partial charge in [-0.25, -0.2) is 0 Å². The Morgan fingerprint density at radius 1 is 1.29 bits per heavy atom. The van der Waals surface area contributed by atoms with Gasteiger partial charge < -0.3 is 10.2 Å². The van der Waals surface area contributed by atoms with Crippen molar-refractivity contribution in [2.24, 2.45) is 5.84 Å². The fourth-order valence-corrected chi connectivity index (χ4v) is 2.75. The fourth-order valence-electron chi connectivity index (χ4n) is 1.86. The number of nitro benzene ring substituents is 1. The molecule has 0 amide bonds. The van der Waals surface area contributed by atoms with E-state index in [1.165, 1.54) is 6.07 Å². The average Bonchev–Trinajstić information content (AvgIpc) is 2.52. The summed E-state index contributed by atoms with van der Waals surface area (Å²) in [6.45, 7) is 0. The van der Waals surface area contributed by atoms with Gasteiger partial charge in [0, 0.05) is 16.7 Å². The number of nitro groups is 1. The standard InChI is InChI=1S/C14H15N3O3S/c1-20-11-5-7-12(8-6-11)21-9-10-3-2-4-13(17(18)19)14(10)16-15/h2-8,16H,9,15H2,1H3. The van der Waals surface area contributed by atoms with Crippen LogP contribution >= 0.6 is 11.8 Å². The summed E-state index contributed by atoms with van der Waals surface area (Å²) in [7, 11) is 1.62. The highest BCUT2D eigenvalue weighted by molar-refractivity contribution is 7.98. The number of benzene rings is 2. The Bertz CT molecular complexity index is 632. The van der Waals surface area contributed by atoms with Gasteiger partial charge in [-0.15, -0.1) is 11.8 Å². The molecule has 0 saturated heterocycles. The summed E-state index contributed by atoms with van der Waals surface area (Å²) in [5, 5.41) is 11.0. The Hall–Kier alpha value is -2.25. The molecule has 2 rings (SSSR count). The first-order chi connectivity index (χ1) is 10.2. The number of rotatable bonds is 6. The lowest BCUT2D eigenvalue weighted by atomic mass is 10.2. The van der Waals surface area contributed by atoms with Gasteiger partial charge in [-0.2, -0.15) is 0 Å². The Morgan fingerprint density at radius 3 is 2.57 bits per heavy atom. The molecule has 0 atom stereocenters. The molecule has 0 heterocycles. The number of hydrogen-bond donors (Lipinski definition) is 2. The molecule has 7 heteroatoms. The number of ether oxygens (including phenoxy) is 1. The van der Waals surface area contributed by atoms with Crippen LogP contribution in [0.1, 0.15) is 5.56 Å². The van der Waals surface area contributed by atoms with Gasteiger partial charge in [-0.05, 0) is 29.8 Å². The highest BCUT2D eigenvalue weighted by Gasteiger charge is 2.16. The van der Waals surface area contributed by atoms with Crippen molar-refractivity contribution in [3.8, 4) is 5.75 Å². The van der Waals surface area contributed by atoms with E-state index in [1.807, 2.05) is 30.3 Å². The minimum Gasteiger partial charge on any atom is -0.497 e. The molecule has 2 aromatic rings. The van der Waals surface area contributed by atoms with Gasteiger partial charge >= 0.3 is 0 Å². The van der Waals surface area contributed by atoms with Crippen molar-refractivity contribution in [1.82, 2.24) is 0 Å². The number of nitrogens with two attached hydrogens (primary N) is 1. The van der Waals surface area contributed by atoms with Crippen molar-refractivity contribution < 1.29 is 9.66 Å². The van der Waals surface area contributed by atoms with Gasteiger partial charge in [-0.3, -0.25) is 16.0 Å². The summed E-state index contributed by atoms with van der Waals surface area (Å²) in [4.78, 5) is 11.6. The second kappa shape index (κ2) is 6.96. The summed E-state index contributed by atoms with van der Waals surface area (Å²) in [5.41, 5.74) is 3.54. The largest absolute Gasteiger partial charge is 0.497 e. The number of nitrogens with one attached hydrogen (secondary N) is 1. The SMILES string of the molecule is COc1ccc(SCc2cccc([N+](=O)[O-])c2NN)cc1. The summed E-state index contributed by atoms with van der Waals surface area (Å²) >= 11 is 1.57. The van der Waals surface area contributed by atoms with Gasteiger partial charge in [0.05, 0.1) is 12.0 Å². The number of hydrazine groups is 1. The molecule has 0 aliphatic rings. The maximum Gasteiger partial charge on any atom is 0.293 e. The fraction of sp³-hybridized carbons (Fsp3) is 0.143. The molecule has 0 aliphatic carbocycles. The molecule has 0 spiro atoms. The van der Waals surface area contributed by atoms with Gasteiger partial charge in [0.1, 0.15) is 11.4 Å². The van der Waals surface area contributed by atoms with Crippen LogP contribution in [0.2, 0.25) is 0 Å². The zero-order chi connectivity index (χ0) is 15.2. The van der Waals surface area contributed by atoms with Gasteiger partial charge in [0.25, 0.3) is 5.69 Å². The third kappa shape index (κ3) is 3.65. The number of nitrogens with zero attached hydrogens (tertiary/aromatic N) is 1. The molecule has 0 fully saturated rings. The van der Waals surface area contributed by atoms with Crippen LogP contribution in [0.4, 0.5) is 11.4 Å².